The molecule has 1 amide bonds. The Hall–Kier alpha value is -0.940. The lowest BCUT2D eigenvalue weighted by Crippen LogP contribution is -2.53. The first-order valence-electron chi connectivity index (χ1n) is 11.1. The second-order valence-corrected chi connectivity index (χ2v) is 12.6. The Kier molecular flexibility index (Phi) is 9.38. The Morgan fingerprint density at radius 1 is 0.867 bits per heavy atom. The molecule has 0 aromatic rings. The van der Waals surface area contributed by atoms with Crippen LogP contribution in [0.3, 0.4) is 0 Å². The van der Waals surface area contributed by atoms with Crippen LogP contribution in [0.1, 0.15) is 102 Å². The van der Waals surface area contributed by atoms with Crippen LogP contribution >= 0.6 is 0 Å². The van der Waals surface area contributed by atoms with Gasteiger partial charge in [0.15, 0.2) is 0 Å². The fourth-order valence-electron chi connectivity index (χ4n) is 3.95. The third kappa shape index (κ3) is 9.05. The maximum absolute atomic E-state index is 13.2. The van der Waals surface area contributed by atoms with Crippen molar-refractivity contribution in [2.24, 2.45) is 16.2 Å². The molecule has 178 valence electrons. The van der Waals surface area contributed by atoms with Crippen LogP contribution in [-0.2, 0) is 19.1 Å². The Morgan fingerprint density at radius 3 is 1.80 bits per heavy atom. The van der Waals surface area contributed by atoms with Gasteiger partial charge in [-0.15, -0.1) is 0 Å². The van der Waals surface area contributed by atoms with Crippen molar-refractivity contribution in [3.05, 3.63) is 0 Å². The Morgan fingerprint density at radius 2 is 1.37 bits per heavy atom. The molecule has 0 aromatic carbocycles. The molecule has 0 aliphatic heterocycles. The van der Waals surface area contributed by atoms with Crippen LogP contribution in [0.5, 0.6) is 0 Å². The average molecular weight is 428 g/mol. The van der Waals surface area contributed by atoms with Crippen LogP contribution in [0.25, 0.3) is 0 Å². The SMILES string of the molecule is COC(C)(C)CCOC(C)(C)C(C)(C)CC(C)(C)C(=O)NC(C)(C)CC(C)(C)C=O. The molecule has 1 N–H and O–H groups in total. The van der Waals surface area contributed by atoms with Gasteiger partial charge in [-0.25, -0.2) is 0 Å². The van der Waals surface area contributed by atoms with Crippen LogP contribution in [-0.4, -0.2) is 42.7 Å². The van der Waals surface area contributed by atoms with Crippen molar-refractivity contribution in [1.29, 1.82) is 0 Å². The molecular formula is C25H49NO4. The highest BCUT2D eigenvalue weighted by Crippen LogP contribution is 2.44. The molecule has 5 nitrogen and oxygen atoms in total. The minimum atomic E-state index is -0.585. The highest BCUT2D eigenvalue weighted by atomic mass is 16.5. The van der Waals surface area contributed by atoms with Crippen LogP contribution in [0.15, 0.2) is 0 Å². The Labute approximate surface area is 186 Å². The van der Waals surface area contributed by atoms with Crippen molar-refractivity contribution in [1.82, 2.24) is 5.32 Å². The van der Waals surface area contributed by atoms with Gasteiger partial charge >= 0.3 is 0 Å². The summed E-state index contributed by atoms with van der Waals surface area (Å²) >= 11 is 0. The molecule has 5 heteroatoms. The number of hydrogen-bond donors (Lipinski definition) is 1. The van der Waals surface area contributed by atoms with Crippen molar-refractivity contribution < 1.29 is 19.1 Å². The van der Waals surface area contributed by atoms with Crippen molar-refractivity contribution >= 4 is 12.2 Å². The standard InChI is InChI=1S/C25H49NO4/c1-20(2,18-27)16-23(7,8)26-19(28)21(3,4)17-22(5,6)25(11,12)30-15-14-24(9,10)29-13/h18H,14-17H2,1-13H3,(H,26,28). The van der Waals surface area contributed by atoms with Gasteiger partial charge < -0.3 is 19.6 Å². The van der Waals surface area contributed by atoms with E-state index in [0.29, 0.717) is 19.4 Å². The van der Waals surface area contributed by atoms with E-state index in [9.17, 15) is 9.59 Å². The maximum Gasteiger partial charge on any atom is 0.226 e. The summed E-state index contributed by atoms with van der Waals surface area (Å²) in [6, 6.07) is 0. The lowest BCUT2D eigenvalue weighted by molar-refractivity contribution is -0.143. The van der Waals surface area contributed by atoms with E-state index in [2.05, 4.69) is 46.9 Å². The number of rotatable bonds is 13. The first-order chi connectivity index (χ1) is 13.1. The Bertz CT molecular complexity index is 586. The zero-order valence-electron chi connectivity index (χ0n) is 22.0. The predicted octanol–water partition coefficient (Wildman–Crippen LogP) is 5.55. The molecule has 0 heterocycles. The number of ether oxygens (including phenoxy) is 2. The van der Waals surface area contributed by atoms with Gasteiger partial charge in [-0.3, -0.25) is 4.79 Å². The fraction of sp³-hybridized carbons (Fsp3) is 0.920. The van der Waals surface area contributed by atoms with Crippen LogP contribution < -0.4 is 5.32 Å². The lowest BCUT2D eigenvalue weighted by atomic mass is 9.66. The van der Waals surface area contributed by atoms with Gasteiger partial charge in [0.05, 0.1) is 17.8 Å². The molecule has 0 atom stereocenters. The van der Waals surface area contributed by atoms with Crippen molar-refractivity contribution in [3.63, 3.8) is 0 Å². The molecular weight excluding hydrogens is 378 g/mol. The van der Waals surface area contributed by atoms with Crippen LogP contribution in [0.4, 0.5) is 0 Å². The van der Waals surface area contributed by atoms with E-state index < -0.39 is 22.0 Å². The summed E-state index contributed by atoms with van der Waals surface area (Å²) in [4.78, 5) is 24.5. The minimum Gasteiger partial charge on any atom is -0.379 e. The molecule has 0 saturated heterocycles. The smallest absolute Gasteiger partial charge is 0.226 e. The highest BCUT2D eigenvalue weighted by Gasteiger charge is 2.45. The van der Waals surface area contributed by atoms with Gasteiger partial charge in [0.1, 0.15) is 6.29 Å². The number of nitrogens with one attached hydrogen (secondary N) is 1. The topological polar surface area (TPSA) is 64.6 Å². The molecule has 0 unspecified atom stereocenters. The molecule has 0 spiro atoms. The largest absolute Gasteiger partial charge is 0.379 e. The van der Waals surface area contributed by atoms with E-state index in [4.69, 9.17) is 9.47 Å². The van der Waals surface area contributed by atoms with Gasteiger partial charge in [-0.05, 0) is 66.2 Å². The molecule has 30 heavy (non-hydrogen) atoms. The summed E-state index contributed by atoms with van der Waals surface area (Å²) in [5.74, 6) is -0.00131. The molecule has 0 aliphatic rings. The maximum atomic E-state index is 13.2. The van der Waals surface area contributed by atoms with E-state index in [0.717, 1.165) is 12.7 Å². The number of amides is 1. The summed E-state index contributed by atoms with van der Waals surface area (Å²) < 4.78 is 11.8. The van der Waals surface area contributed by atoms with Crippen molar-refractivity contribution in [2.75, 3.05) is 13.7 Å². The first-order valence-corrected chi connectivity index (χ1v) is 11.1. The fourth-order valence-corrected chi connectivity index (χ4v) is 3.95. The molecule has 0 aliphatic carbocycles. The number of hydrogen-bond acceptors (Lipinski definition) is 4. The zero-order valence-corrected chi connectivity index (χ0v) is 22.0. The van der Waals surface area contributed by atoms with E-state index in [1.54, 1.807) is 7.11 Å². The molecule has 0 aromatic heterocycles. The number of aldehydes is 1. The van der Waals surface area contributed by atoms with Crippen molar-refractivity contribution in [2.45, 2.75) is 119 Å². The van der Waals surface area contributed by atoms with Crippen LogP contribution in [0, 0.1) is 16.2 Å². The lowest BCUT2D eigenvalue weighted by Gasteiger charge is -2.46. The molecule has 0 bridgehead atoms. The minimum absolute atomic E-state index is 0.00131. The van der Waals surface area contributed by atoms with Gasteiger partial charge in [0.2, 0.25) is 5.91 Å². The molecule has 0 radical (unpaired) electrons. The third-order valence-electron chi connectivity index (χ3n) is 6.52. The number of methoxy groups -OCH3 is 1. The van der Waals surface area contributed by atoms with Gasteiger partial charge in [0.25, 0.3) is 0 Å². The van der Waals surface area contributed by atoms with Gasteiger partial charge in [-0.2, -0.15) is 0 Å². The predicted molar refractivity (Wildman–Crippen MR) is 125 cm³/mol. The zero-order chi connectivity index (χ0) is 24.2. The first kappa shape index (κ1) is 29.1. The highest BCUT2D eigenvalue weighted by molar-refractivity contribution is 5.82. The summed E-state index contributed by atoms with van der Waals surface area (Å²) in [6.07, 6.45) is 3.01. The van der Waals surface area contributed by atoms with E-state index in [1.807, 2.05) is 41.5 Å². The molecule has 0 saturated carbocycles. The monoisotopic (exact) mass is 427 g/mol. The second kappa shape index (κ2) is 9.68. The Balaban J connectivity index is 5.19. The normalized spacial score (nSPS) is 14.6. The van der Waals surface area contributed by atoms with E-state index in [1.165, 1.54) is 0 Å². The number of carbonyl (C=O) groups is 2. The summed E-state index contributed by atoms with van der Waals surface area (Å²) in [6.45, 7) is 24.9. The third-order valence-corrected chi connectivity index (χ3v) is 6.52. The average Bonchev–Trinajstić information content (AvgIpc) is 2.51. The molecule has 0 fully saturated rings. The van der Waals surface area contributed by atoms with Crippen molar-refractivity contribution in [3.8, 4) is 0 Å². The summed E-state index contributed by atoms with van der Waals surface area (Å²) in [5, 5.41) is 3.18. The van der Waals surface area contributed by atoms with E-state index in [-0.39, 0.29) is 16.9 Å². The van der Waals surface area contributed by atoms with Gasteiger partial charge in [0, 0.05) is 23.5 Å². The quantitative estimate of drug-likeness (QED) is 0.391. The summed E-state index contributed by atoms with van der Waals surface area (Å²) in [5.41, 5.74) is -2.41. The van der Waals surface area contributed by atoms with Crippen LogP contribution in [0.2, 0.25) is 0 Å². The summed E-state index contributed by atoms with van der Waals surface area (Å²) in [7, 11) is 1.72. The van der Waals surface area contributed by atoms with E-state index >= 15 is 0 Å². The second-order valence-electron chi connectivity index (χ2n) is 12.6. The van der Waals surface area contributed by atoms with Gasteiger partial charge in [-0.1, -0.05) is 41.5 Å². The number of carbonyl (C=O) groups excluding carboxylic acids is 2. The molecule has 0 rings (SSSR count).